The quantitative estimate of drug-likeness (QED) is 0.319. The van der Waals surface area contributed by atoms with Crippen LogP contribution in [0.1, 0.15) is 32.2 Å². The van der Waals surface area contributed by atoms with Gasteiger partial charge in [0.15, 0.2) is 5.65 Å². The van der Waals surface area contributed by atoms with Crippen molar-refractivity contribution in [1.82, 2.24) is 24.1 Å². The van der Waals surface area contributed by atoms with E-state index in [1.165, 1.54) is 9.47 Å². The molecule has 12 heteroatoms. The van der Waals surface area contributed by atoms with E-state index in [4.69, 9.17) is 9.47 Å². The van der Waals surface area contributed by atoms with Crippen LogP contribution in [0.2, 0.25) is 0 Å². The summed E-state index contributed by atoms with van der Waals surface area (Å²) in [5.41, 5.74) is 1.19. The van der Waals surface area contributed by atoms with Crippen molar-refractivity contribution in [3.8, 4) is 17.1 Å². The molecule has 0 radical (unpaired) electrons. The molecule has 0 spiro atoms. The number of carbonyl (C=O) groups excluding carboxylic acids is 1. The van der Waals surface area contributed by atoms with Crippen LogP contribution >= 0.6 is 0 Å². The number of fused-ring (bicyclic) bond motifs is 1. The number of aromatic nitrogens is 5. The van der Waals surface area contributed by atoms with Gasteiger partial charge in [0.05, 0.1) is 20.3 Å². The molecule has 204 valence electrons. The highest BCUT2D eigenvalue weighted by molar-refractivity contribution is 6.01. The Morgan fingerprint density at radius 1 is 1.15 bits per heavy atom. The Bertz CT molecular complexity index is 1580. The summed E-state index contributed by atoms with van der Waals surface area (Å²) in [6, 6.07) is 10.1. The topological polar surface area (TPSA) is 136 Å². The highest BCUT2D eigenvalue weighted by Crippen LogP contribution is 2.32. The number of aromatic amines is 1. The summed E-state index contributed by atoms with van der Waals surface area (Å²) < 4.78 is 13.3. The summed E-state index contributed by atoms with van der Waals surface area (Å²) in [7, 11) is 3.14. The third-order valence-electron chi connectivity index (χ3n) is 6.57. The molecule has 5 rings (SSSR count). The highest BCUT2D eigenvalue weighted by Gasteiger charge is 2.30. The number of nitrogens with zero attached hydrogens (tertiary/aromatic N) is 5. The van der Waals surface area contributed by atoms with E-state index in [9.17, 15) is 14.4 Å². The molecule has 0 bridgehead atoms. The molecule has 1 aromatic carbocycles. The Kier molecular flexibility index (Phi) is 7.46. The van der Waals surface area contributed by atoms with E-state index in [0.29, 0.717) is 53.0 Å². The van der Waals surface area contributed by atoms with Gasteiger partial charge in [0.1, 0.15) is 22.9 Å². The number of rotatable bonds is 10. The molecule has 0 atom stereocenters. The second-order valence-electron chi connectivity index (χ2n) is 9.33. The standard InChI is InChI=1S/C27H31N7O5/c1-4-13-33-24-22(25(35)34(27(33)37)19-8-9-19)30-23(31-24)17-5-12-21(28-16-17)32(14-15-38-2)26(36)29-18-6-10-20(39-3)11-7-18/h5-7,10-12,16,19H,4,8-9,13-15H2,1-3H3,(H,29,36)(H,30,31). The fraction of sp³-hybridized carbons (Fsp3) is 0.370. The summed E-state index contributed by atoms with van der Waals surface area (Å²) in [5.74, 6) is 1.52. The lowest BCUT2D eigenvalue weighted by atomic mass is 10.2. The second kappa shape index (κ2) is 11.1. The second-order valence-corrected chi connectivity index (χ2v) is 9.33. The minimum Gasteiger partial charge on any atom is -0.497 e. The highest BCUT2D eigenvalue weighted by atomic mass is 16.5. The van der Waals surface area contributed by atoms with Crippen molar-refractivity contribution in [3.05, 3.63) is 63.4 Å². The van der Waals surface area contributed by atoms with Crippen molar-refractivity contribution in [2.24, 2.45) is 0 Å². The van der Waals surface area contributed by atoms with Crippen LogP contribution < -0.4 is 26.2 Å². The van der Waals surface area contributed by atoms with Crippen molar-refractivity contribution in [3.63, 3.8) is 0 Å². The molecule has 0 saturated heterocycles. The number of amides is 2. The Morgan fingerprint density at radius 3 is 2.54 bits per heavy atom. The average molecular weight is 534 g/mol. The summed E-state index contributed by atoms with van der Waals surface area (Å²) in [6.07, 6.45) is 3.96. The van der Waals surface area contributed by atoms with Gasteiger partial charge < -0.3 is 19.8 Å². The number of hydrogen-bond donors (Lipinski definition) is 2. The van der Waals surface area contributed by atoms with Crippen LogP contribution in [0.25, 0.3) is 22.6 Å². The molecule has 0 unspecified atom stereocenters. The zero-order chi connectivity index (χ0) is 27.5. The van der Waals surface area contributed by atoms with Gasteiger partial charge >= 0.3 is 11.7 Å². The number of methoxy groups -OCH3 is 2. The molecule has 2 amide bonds. The molecule has 2 N–H and O–H groups in total. The Labute approximate surface area is 224 Å². The van der Waals surface area contributed by atoms with Gasteiger partial charge in [-0.2, -0.15) is 0 Å². The smallest absolute Gasteiger partial charge is 0.333 e. The Morgan fingerprint density at radius 2 is 1.92 bits per heavy atom. The summed E-state index contributed by atoms with van der Waals surface area (Å²) in [4.78, 5) is 53.0. The Hall–Kier alpha value is -4.45. The first-order valence-corrected chi connectivity index (χ1v) is 12.9. The molecular weight excluding hydrogens is 502 g/mol. The van der Waals surface area contributed by atoms with E-state index in [1.54, 1.807) is 61.4 Å². The zero-order valence-electron chi connectivity index (χ0n) is 22.1. The number of imidazole rings is 1. The van der Waals surface area contributed by atoms with Gasteiger partial charge in [-0.05, 0) is 55.7 Å². The van der Waals surface area contributed by atoms with E-state index in [-0.39, 0.29) is 29.9 Å². The van der Waals surface area contributed by atoms with Gasteiger partial charge in [0.25, 0.3) is 5.56 Å². The molecule has 39 heavy (non-hydrogen) atoms. The number of aryl methyl sites for hydroxylation is 1. The first kappa shape index (κ1) is 26.2. The summed E-state index contributed by atoms with van der Waals surface area (Å²) >= 11 is 0. The fourth-order valence-corrected chi connectivity index (χ4v) is 4.41. The number of H-pyrrole nitrogens is 1. The number of pyridine rings is 1. The van der Waals surface area contributed by atoms with E-state index >= 15 is 0 Å². The fourth-order valence-electron chi connectivity index (χ4n) is 4.41. The summed E-state index contributed by atoms with van der Waals surface area (Å²) in [6.45, 7) is 3.02. The van der Waals surface area contributed by atoms with Crippen LogP contribution in [0, 0.1) is 0 Å². The van der Waals surface area contributed by atoms with Gasteiger partial charge in [-0.1, -0.05) is 6.92 Å². The normalized spacial score (nSPS) is 13.0. The molecule has 4 aromatic rings. The third kappa shape index (κ3) is 5.28. The maximum Gasteiger partial charge on any atom is 0.333 e. The van der Waals surface area contributed by atoms with Gasteiger partial charge in [-0.3, -0.25) is 18.8 Å². The maximum atomic E-state index is 13.1. The number of nitrogens with one attached hydrogen (secondary N) is 2. The average Bonchev–Trinajstić information content (AvgIpc) is 3.68. The van der Waals surface area contributed by atoms with Gasteiger partial charge in [-0.15, -0.1) is 0 Å². The van der Waals surface area contributed by atoms with Crippen LogP contribution in [0.3, 0.4) is 0 Å². The van der Waals surface area contributed by atoms with E-state index in [2.05, 4.69) is 20.3 Å². The number of ether oxygens (including phenoxy) is 2. The van der Waals surface area contributed by atoms with E-state index < -0.39 is 0 Å². The number of urea groups is 1. The lowest BCUT2D eigenvalue weighted by Crippen LogP contribution is -2.39. The monoisotopic (exact) mass is 533 g/mol. The maximum absolute atomic E-state index is 13.1. The minimum atomic E-state index is -0.370. The molecule has 1 fully saturated rings. The van der Waals surface area contributed by atoms with Crippen LogP contribution in [0.15, 0.2) is 52.2 Å². The molecule has 3 heterocycles. The molecule has 3 aromatic heterocycles. The van der Waals surface area contributed by atoms with Crippen molar-refractivity contribution in [1.29, 1.82) is 0 Å². The van der Waals surface area contributed by atoms with E-state index in [1.807, 2.05) is 6.92 Å². The predicted molar refractivity (Wildman–Crippen MR) is 148 cm³/mol. The van der Waals surface area contributed by atoms with Crippen molar-refractivity contribution >= 4 is 28.7 Å². The van der Waals surface area contributed by atoms with Gasteiger partial charge in [0.2, 0.25) is 0 Å². The number of anilines is 2. The zero-order valence-corrected chi connectivity index (χ0v) is 22.1. The lowest BCUT2D eigenvalue weighted by Gasteiger charge is -2.22. The number of hydrogen-bond acceptors (Lipinski definition) is 7. The first-order chi connectivity index (χ1) is 18.9. The molecular formula is C27H31N7O5. The predicted octanol–water partition coefficient (Wildman–Crippen LogP) is 3.39. The van der Waals surface area contributed by atoms with Crippen molar-refractivity contribution < 1.29 is 14.3 Å². The van der Waals surface area contributed by atoms with Crippen molar-refractivity contribution in [2.75, 3.05) is 37.6 Å². The molecule has 12 nitrogen and oxygen atoms in total. The lowest BCUT2D eigenvalue weighted by molar-refractivity contribution is 0.204. The van der Waals surface area contributed by atoms with Crippen LogP contribution in [-0.4, -0.2) is 57.5 Å². The number of benzene rings is 1. The third-order valence-corrected chi connectivity index (χ3v) is 6.57. The molecule has 1 aliphatic carbocycles. The largest absolute Gasteiger partial charge is 0.497 e. The first-order valence-electron chi connectivity index (χ1n) is 12.9. The van der Waals surface area contributed by atoms with E-state index in [0.717, 1.165) is 19.3 Å². The van der Waals surface area contributed by atoms with Crippen LogP contribution in [0.4, 0.5) is 16.3 Å². The summed E-state index contributed by atoms with van der Waals surface area (Å²) in [5, 5.41) is 2.86. The van der Waals surface area contributed by atoms with Gasteiger partial charge in [0, 0.05) is 37.1 Å². The van der Waals surface area contributed by atoms with Gasteiger partial charge in [-0.25, -0.2) is 19.6 Å². The SMILES string of the molecule is CCCn1c(=O)n(C2CC2)c(=O)c2[nH]c(-c3ccc(N(CCOC)C(=O)Nc4ccc(OC)cc4)nc3)nc21. The number of carbonyl (C=O) groups is 1. The minimum absolute atomic E-state index is 0.0487. The molecule has 1 saturated carbocycles. The van der Waals surface area contributed by atoms with Crippen molar-refractivity contribution in [2.45, 2.75) is 38.8 Å². The molecule has 1 aliphatic rings. The Balaban J connectivity index is 1.44. The van der Waals surface area contributed by atoms with Crippen LogP contribution in [-0.2, 0) is 11.3 Å². The molecule has 0 aliphatic heterocycles. The van der Waals surface area contributed by atoms with Crippen LogP contribution in [0.5, 0.6) is 5.75 Å².